The third-order valence-electron chi connectivity index (χ3n) is 2.49. The first kappa shape index (κ1) is 11.2. The quantitative estimate of drug-likeness (QED) is 0.790. The molecule has 1 aromatic carbocycles. The van der Waals surface area contributed by atoms with Crippen LogP contribution in [-0.2, 0) is 0 Å². The van der Waals surface area contributed by atoms with Crippen molar-refractivity contribution in [1.29, 1.82) is 0 Å². The van der Waals surface area contributed by atoms with Crippen LogP contribution in [-0.4, -0.2) is 30.1 Å². The first-order valence-corrected chi connectivity index (χ1v) is 5.06. The van der Waals surface area contributed by atoms with Crippen LogP contribution in [0.5, 0.6) is 0 Å². The summed E-state index contributed by atoms with van der Waals surface area (Å²) in [4.78, 5) is 2.10. The van der Waals surface area contributed by atoms with Gasteiger partial charge in [0.15, 0.2) is 0 Å². The van der Waals surface area contributed by atoms with E-state index in [-0.39, 0.29) is 6.10 Å². The molecule has 1 rings (SSSR count). The summed E-state index contributed by atoms with van der Waals surface area (Å²) in [5.74, 6) is 0. The molecule has 1 aromatic rings. The monoisotopic (exact) mass is 193 g/mol. The second kappa shape index (κ2) is 5.13. The molecule has 0 bridgehead atoms. The van der Waals surface area contributed by atoms with Crippen molar-refractivity contribution < 1.29 is 5.11 Å². The Morgan fingerprint density at radius 1 is 1.29 bits per heavy atom. The van der Waals surface area contributed by atoms with Gasteiger partial charge in [-0.05, 0) is 26.1 Å². The van der Waals surface area contributed by atoms with Crippen LogP contribution in [0.25, 0.3) is 0 Å². The number of aliphatic hydroxyl groups is 1. The van der Waals surface area contributed by atoms with Crippen LogP contribution in [0.1, 0.15) is 24.2 Å². The Bertz CT molecular complexity index is 268. The Labute approximate surface area is 86.2 Å². The van der Waals surface area contributed by atoms with Crippen molar-refractivity contribution in [2.75, 3.05) is 20.1 Å². The second-order valence-corrected chi connectivity index (χ2v) is 3.78. The van der Waals surface area contributed by atoms with Gasteiger partial charge in [-0.3, -0.25) is 0 Å². The molecule has 0 aliphatic carbocycles. The van der Waals surface area contributed by atoms with E-state index in [1.165, 1.54) is 5.56 Å². The highest BCUT2D eigenvalue weighted by atomic mass is 16.3. The van der Waals surface area contributed by atoms with E-state index in [1.807, 2.05) is 38.2 Å². The standard InChI is InChI=1S/C12H19NO/c1-4-13(3)9-12(14)11-7-5-10(2)6-8-11/h5-8,12,14H,4,9H2,1-3H3. The van der Waals surface area contributed by atoms with Crippen molar-refractivity contribution >= 4 is 0 Å². The lowest BCUT2D eigenvalue weighted by Crippen LogP contribution is -2.24. The Morgan fingerprint density at radius 2 is 1.86 bits per heavy atom. The minimum Gasteiger partial charge on any atom is -0.387 e. The van der Waals surface area contributed by atoms with E-state index in [2.05, 4.69) is 11.8 Å². The van der Waals surface area contributed by atoms with Gasteiger partial charge in [-0.1, -0.05) is 36.8 Å². The van der Waals surface area contributed by atoms with Gasteiger partial charge in [0.1, 0.15) is 0 Å². The summed E-state index contributed by atoms with van der Waals surface area (Å²) in [6, 6.07) is 8.04. The van der Waals surface area contributed by atoms with Gasteiger partial charge in [0.05, 0.1) is 6.10 Å². The highest BCUT2D eigenvalue weighted by Crippen LogP contribution is 2.14. The van der Waals surface area contributed by atoms with Crippen LogP contribution in [0.2, 0.25) is 0 Å². The molecule has 1 atom stereocenters. The minimum atomic E-state index is -0.374. The molecular weight excluding hydrogens is 174 g/mol. The topological polar surface area (TPSA) is 23.5 Å². The van der Waals surface area contributed by atoms with E-state index < -0.39 is 0 Å². The maximum Gasteiger partial charge on any atom is 0.0916 e. The molecule has 0 spiro atoms. The number of hydrogen-bond acceptors (Lipinski definition) is 2. The van der Waals surface area contributed by atoms with E-state index in [0.29, 0.717) is 6.54 Å². The van der Waals surface area contributed by atoms with E-state index in [0.717, 1.165) is 12.1 Å². The zero-order valence-corrected chi connectivity index (χ0v) is 9.20. The molecule has 78 valence electrons. The van der Waals surface area contributed by atoms with Gasteiger partial charge in [-0.2, -0.15) is 0 Å². The summed E-state index contributed by atoms with van der Waals surface area (Å²) in [5.41, 5.74) is 2.22. The lowest BCUT2D eigenvalue weighted by atomic mass is 10.1. The van der Waals surface area contributed by atoms with E-state index in [1.54, 1.807) is 0 Å². The molecule has 14 heavy (non-hydrogen) atoms. The van der Waals surface area contributed by atoms with Gasteiger partial charge >= 0.3 is 0 Å². The molecule has 1 unspecified atom stereocenters. The van der Waals surface area contributed by atoms with E-state index >= 15 is 0 Å². The van der Waals surface area contributed by atoms with Crippen LogP contribution in [0, 0.1) is 6.92 Å². The van der Waals surface area contributed by atoms with Gasteiger partial charge < -0.3 is 10.0 Å². The summed E-state index contributed by atoms with van der Waals surface area (Å²) in [7, 11) is 2.01. The van der Waals surface area contributed by atoms with Gasteiger partial charge in [0.25, 0.3) is 0 Å². The summed E-state index contributed by atoms with van der Waals surface area (Å²) < 4.78 is 0. The van der Waals surface area contributed by atoms with Crippen LogP contribution in [0.3, 0.4) is 0 Å². The Hall–Kier alpha value is -0.860. The zero-order chi connectivity index (χ0) is 10.6. The second-order valence-electron chi connectivity index (χ2n) is 3.78. The molecule has 0 aliphatic heterocycles. The highest BCUT2D eigenvalue weighted by Gasteiger charge is 2.08. The van der Waals surface area contributed by atoms with Crippen LogP contribution < -0.4 is 0 Å². The molecule has 0 fully saturated rings. The molecule has 0 radical (unpaired) electrons. The van der Waals surface area contributed by atoms with Gasteiger partial charge in [0, 0.05) is 6.54 Å². The third-order valence-corrected chi connectivity index (χ3v) is 2.49. The van der Waals surface area contributed by atoms with Crippen molar-refractivity contribution in [2.24, 2.45) is 0 Å². The van der Waals surface area contributed by atoms with Gasteiger partial charge in [-0.25, -0.2) is 0 Å². The van der Waals surface area contributed by atoms with E-state index in [4.69, 9.17) is 0 Å². The van der Waals surface area contributed by atoms with Crippen molar-refractivity contribution in [3.63, 3.8) is 0 Å². The Kier molecular flexibility index (Phi) is 4.11. The van der Waals surface area contributed by atoms with Crippen molar-refractivity contribution in [1.82, 2.24) is 4.90 Å². The SMILES string of the molecule is CCN(C)CC(O)c1ccc(C)cc1. The summed E-state index contributed by atoms with van der Waals surface area (Å²) >= 11 is 0. The Balaban J connectivity index is 2.60. The number of likely N-dealkylation sites (N-methyl/N-ethyl adjacent to an activating group) is 1. The van der Waals surface area contributed by atoms with Crippen LogP contribution >= 0.6 is 0 Å². The average Bonchev–Trinajstić information content (AvgIpc) is 2.18. The molecular formula is C12H19NO. The van der Waals surface area contributed by atoms with Gasteiger partial charge in [0.2, 0.25) is 0 Å². The fourth-order valence-corrected chi connectivity index (χ4v) is 1.32. The van der Waals surface area contributed by atoms with E-state index in [9.17, 15) is 5.11 Å². The normalized spacial score (nSPS) is 13.2. The van der Waals surface area contributed by atoms with Crippen molar-refractivity contribution in [2.45, 2.75) is 20.0 Å². The minimum absolute atomic E-state index is 0.374. The molecule has 0 aliphatic rings. The number of hydrogen-bond donors (Lipinski definition) is 1. The molecule has 0 amide bonds. The van der Waals surface area contributed by atoms with Crippen molar-refractivity contribution in [3.8, 4) is 0 Å². The molecule has 0 saturated heterocycles. The first-order valence-electron chi connectivity index (χ1n) is 5.06. The fraction of sp³-hybridized carbons (Fsp3) is 0.500. The Morgan fingerprint density at radius 3 is 2.36 bits per heavy atom. The van der Waals surface area contributed by atoms with Crippen LogP contribution in [0.4, 0.5) is 0 Å². The number of aliphatic hydroxyl groups excluding tert-OH is 1. The largest absolute Gasteiger partial charge is 0.387 e. The van der Waals surface area contributed by atoms with Gasteiger partial charge in [-0.15, -0.1) is 0 Å². The molecule has 0 heterocycles. The summed E-state index contributed by atoms with van der Waals surface area (Å²) in [6.45, 7) is 5.79. The van der Waals surface area contributed by atoms with Crippen molar-refractivity contribution in [3.05, 3.63) is 35.4 Å². The maximum atomic E-state index is 9.87. The van der Waals surface area contributed by atoms with Crippen LogP contribution in [0.15, 0.2) is 24.3 Å². The average molecular weight is 193 g/mol. The summed E-state index contributed by atoms with van der Waals surface area (Å²) in [6.07, 6.45) is -0.374. The molecule has 2 heteroatoms. The lowest BCUT2D eigenvalue weighted by Gasteiger charge is -2.18. The maximum absolute atomic E-state index is 9.87. The lowest BCUT2D eigenvalue weighted by molar-refractivity contribution is 0.129. The zero-order valence-electron chi connectivity index (χ0n) is 9.20. The first-order chi connectivity index (χ1) is 6.63. The molecule has 2 nitrogen and oxygen atoms in total. The predicted molar refractivity (Wildman–Crippen MR) is 59.3 cm³/mol. The molecule has 0 aromatic heterocycles. The molecule has 0 saturated carbocycles. The number of aryl methyl sites for hydroxylation is 1. The highest BCUT2D eigenvalue weighted by molar-refractivity contribution is 5.23. The third kappa shape index (κ3) is 3.13. The number of rotatable bonds is 4. The fourth-order valence-electron chi connectivity index (χ4n) is 1.32. The summed E-state index contributed by atoms with van der Waals surface area (Å²) in [5, 5.41) is 9.87. The molecule has 1 N–H and O–H groups in total. The smallest absolute Gasteiger partial charge is 0.0916 e. The number of benzene rings is 1. The number of nitrogens with zero attached hydrogens (tertiary/aromatic N) is 1. The predicted octanol–water partition coefficient (Wildman–Crippen LogP) is 1.98.